The van der Waals surface area contributed by atoms with Crippen molar-refractivity contribution in [2.75, 3.05) is 27.4 Å². The van der Waals surface area contributed by atoms with Crippen LogP contribution in [0.5, 0.6) is 0 Å². The zero-order chi connectivity index (χ0) is 15.2. The number of methoxy groups -OCH3 is 2. The molecule has 3 atom stereocenters. The lowest BCUT2D eigenvalue weighted by atomic mass is 9.60. The Bertz CT molecular complexity index is 486. The third kappa shape index (κ3) is 2.01. The zero-order valence-electron chi connectivity index (χ0n) is 12.5. The van der Waals surface area contributed by atoms with Crippen molar-refractivity contribution in [3.8, 4) is 0 Å². The molecule has 1 aliphatic heterocycles. The van der Waals surface area contributed by atoms with Crippen LogP contribution in [-0.2, 0) is 28.5 Å². The van der Waals surface area contributed by atoms with E-state index in [9.17, 15) is 9.59 Å². The molecular formula is C15H20O6. The largest absolute Gasteiger partial charge is 0.347 e. The lowest BCUT2D eigenvalue weighted by Gasteiger charge is -2.50. The topological polar surface area (TPSA) is 71.1 Å². The van der Waals surface area contributed by atoms with Crippen molar-refractivity contribution in [3.05, 3.63) is 11.6 Å². The zero-order valence-corrected chi connectivity index (χ0v) is 12.5. The number of hydrogen-bond donors (Lipinski definition) is 0. The molecule has 2 bridgehead atoms. The summed E-state index contributed by atoms with van der Waals surface area (Å²) in [6.07, 6.45) is 1.88. The lowest BCUT2D eigenvalue weighted by Crippen LogP contribution is -2.62. The normalized spacial score (nSPS) is 35.1. The quantitative estimate of drug-likeness (QED) is 0.562. The number of ketones is 2. The molecule has 0 unspecified atom stereocenters. The molecule has 3 aliphatic carbocycles. The van der Waals surface area contributed by atoms with Crippen molar-refractivity contribution < 1.29 is 28.5 Å². The number of ether oxygens (including phenoxy) is 4. The van der Waals surface area contributed by atoms with Crippen LogP contribution in [0, 0.1) is 17.8 Å². The molecule has 1 heterocycles. The fourth-order valence-electron chi connectivity index (χ4n) is 3.79. The van der Waals surface area contributed by atoms with E-state index in [0.717, 1.165) is 5.57 Å². The molecule has 116 valence electrons. The van der Waals surface area contributed by atoms with Crippen molar-refractivity contribution in [2.45, 2.75) is 25.4 Å². The minimum absolute atomic E-state index is 0.0164. The van der Waals surface area contributed by atoms with Gasteiger partial charge in [-0.05, 0) is 18.9 Å². The van der Waals surface area contributed by atoms with E-state index < -0.39 is 18.0 Å². The van der Waals surface area contributed by atoms with Crippen LogP contribution in [-0.4, -0.2) is 51.1 Å². The van der Waals surface area contributed by atoms with E-state index in [0.29, 0.717) is 19.6 Å². The Morgan fingerprint density at radius 1 is 1.29 bits per heavy atom. The summed E-state index contributed by atoms with van der Waals surface area (Å²) < 4.78 is 22.0. The molecule has 0 aromatic rings. The summed E-state index contributed by atoms with van der Waals surface area (Å²) in [6.45, 7) is 2.57. The molecule has 0 N–H and O–H groups in total. The molecule has 1 saturated heterocycles. The number of allylic oxidation sites excluding steroid dienone is 1. The molecule has 6 heteroatoms. The van der Waals surface area contributed by atoms with E-state index in [2.05, 4.69) is 0 Å². The Morgan fingerprint density at radius 3 is 2.43 bits per heavy atom. The average molecular weight is 296 g/mol. The van der Waals surface area contributed by atoms with E-state index in [1.807, 2.05) is 6.08 Å². The molecular weight excluding hydrogens is 276 g/mol. The number of rotatable bonds is 4. The first-order valence-corrected chi connectivity index (χ1v) is 7.15. The summed E-state index contributed by atoms with van der Waals surface area (Å²) in [5, 5.41) is 0. The van der Waals surface area contributed by atoms with Crippen LogP contribution in [0.15, 0.2) is 11.6 Å². The van der Waals surface area contributed by atoms with Gasteiger partial charge in [0.2, 0.25) is 5.79 Å². The van der Waals surface area contributed by atoms with Crippen molar-refractivity contribution in [1.29, 1.82) is 0 Å². The SMILES string of the molecule is COC1(OC)C(=O)[C@H]2C=C(C3OCCO3)[C@H]1C[C@H]2C(C)=O. The molecule has 4 rings (SSSR count). The van der Waals surface area contributed by atoms with Crippen LogP contribution in [0.4, 0.5) is 0 Å². The van der Waals surface area contributed by atoms with Gasteiger partial charge in [-0.15, -0.1) is 0 Å². The summed E-state index contributed by atoms with van der Waals surface area (Å²) in [5.74, 6) is -2.72. The van der Waals surface area contributed by atoms with Gasteiger partial charge in [-0.2, -0.15) is 0 Å². The first-order valence-electron chi connectivity index (χ1n) is 7.15. The molecule has 6 nitrogen and oxygen atoms in total. The standard InChI is InChI=1S/C15H20O6/c1-8(16)9-7-12-11(14-20-4-5-21-14)6-10(9)13(17)15(12,18-2)19-3/h6,9-10,12,14H,4-5,7H2,1-3H3/t9-,10-,12+/m0/s1. The van der Waals surface area contributed by atoms with E-state index >= 15 is 0 Å². The molecule has 0 aromatic heterocycles. The van der Waals surface area contributed by atoms with Gasteiger partial charge >= 0.3 is 0 Å². The van der Waals surface area contributed by atoms with Crippen LogP contribution < -0.4 is 0 Å². The first-order chi connectivity index (χ1) is 10.0. The highest BCUT2D eigenvalue weighted by molar-refractivity contribution is 5.97. The molecule has 0 amide bonds. The van der Waals surface area contributed by atoms with Gasteiger partial charge in [0.25, 0.3) is 0 Å². The molecule has 0 aromatic carbocycles. The second-order valence-electron chi connectivity index (χ2n) is 5.71. The molecule has 0 radical (unpaired) electrons. The van der Waals surface area contributed by atoms with Crippen LogP contribution in [0.25, 0.3) is 0 Å². The Morgan fingerprint density at radius 2 is 1.90 bits per heavy atom. The van der Waals surface area contributed by atoms with Gasteiger partial charge in [-0.3, -0.25) is 9.59 Å². The van der Waals surface area contributed by atoms with Crippen LogP contribution in [0.2, 0.25) is 0 Å². The van der Waals surface area contributed by atoms with Gasteiger partial charge in [0.1, 0.15) is 5.78 Å². The van der Waals surface area contributed by atoms with E-state index in [4.69, 9.17) is 18.9 Å². The minimum Gasteiger partial charge on any atom is -0.347 e. The number of fused-ring (bicyclic) bond motifs is 2. The third-order valence-electron chi connectivity index (χ3n) is 4.83. The average Bonchev–Trinajstić information content (AvgIpc) is 3.02. The van der Waals surface area contributed by atoms with Gasteiger partial charge in [0.15, 0.2) is 12.1 Å². The van der Waals surface area contributed by atoms with E-state index in [-0.39, 0.29) is 23.4 Å². The van der Waals surface area contributed by atoms with E-state index in [1.54, 1.807) is 0 Å². The Hall–Kier alpha value is -1.08. The number of carbonyl (C=O) groups is 2. The fraction of sp³-hybridized carbons (Fsp3) is 0.733. The maximum atomic E-state index is 12.7. The van der Waals surface area contributed by atoms with Crippen LogP contribution >= 0.6 is 0 Å². The van der Waals surface area contributed by atoms with Crippen molar-refractivity contribution in [2.24, 2.45) is 17.8 Å². The van der Waals surface area contributed by atoms with Gasteiger partial charge in [-0.25, -0.2) is 0 Å². The summed E-state index contributed by atoms with van der Waals surface area (Å²) in [4.78, 5) is 24.5. The third-order valence-corrected chi connectivity index (χ3v) is 4.83. The fourth-order valence-corrected chi connectivity index (χ4v) is 3.79. The monoisotopic (exact) mass is 296 g/mol. The Kier molecular flexibility index (Phi) is 3.73. The predicted molar refractivity (Wildman–Crippen MR) is 71.3 cm³/mol. The number of hydrogen-bond acceptors (Lipinski definition) is 6. The van der Waals surface area contributed by atoms with Gasteiger partial charge in [0, 0.05) is 26.1 Å². The summed E-state index contributed by atoms with van der Waals surface area (Å²) in [5.41, 5.74) is 0.860. The maximum absolute atomic E-state index is 12.7. The Labute approximate surface area is 123 Å². The molecule has 1 saturated carbocycles. The van der Waals surface area contributed by atoms with Gasteiger partial charge in [0.05, 0.1) is 19.1 Å². The molecule has 0 spiro atoms. The van der Waals surface area contributed by atoms with Crippen molar-refractivity contribution in [1.82, 2.24) is 0 Å². The summed E-state index contributed by atoms with van der Waals surface area (Å²) in [7, 11) is 2.91. The molecule has 4 aliphatic rings. The second kappa shape index (κ2) is 5.28. The van der Waals surface area contributed by atoms with Crippen LogP contribution in [0.1, 0.15) is 13.3 Å². The minimum atomic E-state index is -1.34. The van der Waals surface area contributed by atoms with Gasteiger partial charge < -0.3 is 18.9 Å². The highest BCUT2D eigenvalue weighted by Gasteiger charge is 2.61. The second-order valence-corrected chi connectivity index (χ2v) is 5.71. The number of carbonyl (C=O) groups excluding carboxylic acids is 2. The van der Waals surface area contributed by atoms with E-state index in [1.165, 1.54) is 21.1 Å². The number of Topliss-reactive ketones (excluding diaryl/α,β-unsaturated/α-hetero) is 2. The lowest BCUT2D eigenvalue weighted by molar-refractivity contribution is -0.245. The first kappa shape index (κ1) is 14.8. The smallest absolute Gasteiger partial charge is 0.236 e. The molecule has 2 fully saturated rings. The summed E-state index contributed by atoms with van der Waals surface area (Å²) >= 11 is 0. The highest BCUT2D eigenvalue weighted by Crippen LogP contribution is 2.51. The van der Waals surface area contributed by atoms with Crippen molar-refractivity contribution >= 4 is 11.6 Å². The maximum Gasteiger partial charge on any atom is 0.236 e. The highest BCUT2D eigenvalue weighted by atomic mass is 16.7. The van der Waals surface area contributed by atoms with Gasteiger partial charge in [-0.1, -0.05) is 6.08 Å². The van der Waals surface area contributed by atoms with Crippen LogP contribution in [0.3, 0.4) is 0 Å². The van der Waals surface area contributed by atoms with Crippen molar-refractivity contribution in [3.63, 3.8) is 0 Å². The Balaban J connectivity index is 2.04. The summed E-state index contributed by atoms with van der Waals surface area (Å²) in [6, 6.07) is 0. The predicted octanol–water partition coefficient (Wildman–Crippen LogP) is 0.699. The molecule has 21 heavy (non-hydrogen) atoms.